The molecule has 2 heterocycles. The molecule has 0 aromatic carbocycles. The van der Waals surface area contributed by atoms with E-state index in [4.69, 9.17) is 0 Å². The van der Waals surface area contributed by atoms with E-state index in [1.165, 1.54) is 11.4 Å². The zero-order chi connectivity index (χ0) is 11.7. The second-order valence-electron chi connectivity index (χ2n) is 4.71. The number of amides is 2. The van der Waals surface area contributed by atoms with Crippen molar-refractivity contribution in [2.45, 2.75) is 31.7 Å². The Balaban J connectivity index is 2.07. The zero-order valence-corrected chi connectivity index (χ0v) is 9.98. The molecule has 5 heteroatoms. The lowest BCUT2D eigenvalue weighted by Crippen LogP contribution is -2.47. The highest BCUT2D eigenvalue weighted by Crippen LogP contribution is 2.22. The summed E-state index contributed by atoms with van der Waals surface area (Å²) in [5, 5.41) is 2.84. The lowest BCUT2D eigenvalue weighted by atomic mass is 10.1. The van der Waals surface area contributed by atoms with E-state index in [1.54, 1.807) is 19.1 Å². The molecule has 2 aliphatic rings. The maximum atomic E-state index is 12.1. The minimum atomic E-state index is -0.213. The van der Waals surface area contributed by atoms with Crippen molar-refractivity contribution < 1.29 is 9.59 Å². The fourth-order valence-electron chi connectivity index (χ4n) is 2.54. The first kappa shape index (κ1) is 11.5. The van der Waals surface area contributed by atoms with E-state index in [-0.39, 0.29) is 17.9 Å². The summed E-state index contributed by atoms with van der Waals surface area (Å²) in [4.78, 5) is 26.0. The summed E-state index contributed by atoms with van der Waals surface area (Å²) in [5.74, 6) is -0.137. The van der Waals surface area contributed by atoms with Crippen LogP contribution in [-0.2, 0) is 9.59 Å². The Morgan fingerprint density at radius 2 is 1.75 bits per heavy atom. The molecule has 0 unspecified atom stereocenters. The van der Waals surface area contributed by atoms with Crippen LogP contribution >= 0.6 is 0 Å². The topological polar surface area (TPSA) is 43.9 Å². The Bertz CT molecular complexity index is 298. The van der Waals surface area contributed by atoms with Gasteiger partial charge in [-0.25, -0.2) is 10.0 Å². The molecule has 0 aromatic rings. The Labute approximate surface area is 95.9 Å². The van der Waals surface area contributed by atoms with Crippen LogP contribution in [0.2, 0.25) is 0 Å². The molecule has 5 nitrogen and oxygen atoms in total. The molecule has 0 spiro atoms. The van der Waals surface area contributed by atoms with Crippen LogP contribution in [0.1, 0.15) is 25.7 Å². The number of nitrogens with zero attached hydrogens (tertiary/aromatic N) is 3. The van der Waals surface area contributed by atoms with Crippen LogP contribution in [0.4, 0.5) is 0 Å². The standard InChI is InChI=1S/C11H19N3O2/c1-12(2)14-10(15)8-9(11(14)16)13-6-4-3-5-7-13/h9H,3-8H2,1-2H3/t9-/m1/s1. The average Bonchev–Trinajstić information content (AvgIpc) is 2.55. The summed E-state index contributed by atoms with van der Waals surface area (Å²) >= 11 is 0. The summed E-state index contributed by atoms with van der Waals surface area (Å²) in [6.45, 7) is 1.90. The van der Waals surface area contributed by atoms with E-state index in [0.717, 1.165) is 25.9 Å². The maximum Gasteiger partial charge on any atom is 0.261 e. The van der Waals surface area contributed by atoms with Crippen LogP contribution in [0.5, 0.6) is 0 Å². The largest absolute Gasteiger partial charge is 0.291 e. The second-order valence-corrected chi connectivity index (χ2v) is 4.71. The van der Waals surface area contributed by atoms with Gasteiger partial charge in [-0.15, -0.1) is 0 Å². The molecule has 16 heavy (non-hydrogen) atoms. The Hall–Kier alpha value is -0.940. The molecule has 2 saturated heterocycles. The van der Waals surface area contributed by atoms with Crippen molar-refractivity contribution in [1.82, 2.24) is 14.9 Å². The van der Waals surface area contributed by atoms with Gasteiger partial charge in [-0.05, 0) is 25.9 Å². The Kier molecular flexibility index (Phi) is 3.25. The lowest BCUT2D eigenvalue weighted by molar-refractivity contribution is -0.154. The van der Waals surface area contributed by atoms with Crippen LogP contribution in [-0.4, -0.2) is 60.0 Å². The number of hydrogen-bond acceptors (Lipinski definition) is 4. The average molecular weight is 225 g/mol. The summed E-state index contributed by atoms with van der Waals surface area (Å²) in [6, 6.07) is -0.213. The van der Waals surface area contributed by atoms with Crippen LogP contribution in [0.25, 0.3) is 0 Å². The second kappa shape index (κ2) is 4.51. The quantitative estimate of drug-likeness (QED) is 0.624. The van der Waals surface area contributed by atoms with Crippen LogP contribution in [0, 0.1) is 0 Å². The first-order chi connectivity index (χ1) is 7.61. The van der Waals surface area contributed by atoms with Gasteiger partial charge in [0.15, 0.2) is 0 Å². The van der Waals surface area contributed by atoms with Gasteiger partial charge in [-0.2, -0.15) is 0 Å². The van der Waals surface area contributed by atoms with E-state index >= 15 is 0 Å². The number of rotatable bonds is 2. The smallest absolute Gasteiger partial charge is 0.261 e. The predicted octanol–water partition coefficient (Wildman–Crippen LogP) is 0.0764. The highest BCUT2D eigenvalue weighted by molar-refractivity contribution is 6.04. The van der Waals surface area contributed by atoms with Crippen molar-refractivity contribution in [3.8, 4) is 0 Å². The molecule has 0 aliphatic carbocycles. The first-order valence-electron chi connectivity index (χ1n) is 5.89. The Morgan fingerprint density at radius 1 is 1.12 bits per heavy atom. The monoisotopic (exact) mass is 225 g/mol. The molecule has 0 radical (unpaired) electrons. The van der Waals surface area contributed by atoms with E-state index < -0.39 is 0 Å². The highest BCUT2D eigenvalue weighted by atomic mass is 16.2. The van der Waals surface area contributed by atoms with Gasteiger partial charge < -0.3 is 0 Å². The Morgan fingerprint density at radius 3 is 2.25 bits per heavy atom. The molecular formula is C11H19N3O2. The van der Waals surface area contributed by atoms with Crippen molar-refractivity contribution in [2.24, 2.45) is 0 Å². The number of hydrogen-bond donors (Lipinski definition) is 0. The number of carbonyl (C=O) groups excluding carboxylic acids is 2. The molecular weight excluding hydrogens is 206 g/mol. The van der Waals surface area contributed by atoms with E-state index in [0.29, 0.717) is 6.42 Å². The minimum Gasteiger partial charge on any atom is -0.291 e. The van der Waals surface area contributed by atoms with Gasteiger partial charge in [-0.3, -0.25) is 14.5 Å². The summed E-state index contributed by atoms with van der Waals surface area (Å²) in [7, 11) is 3.46. The number of imide groups is 1. The third kappa shape index (κ3) is 1.97. The summed E-state index contributed by atoms with van der Waals surface area (Å²) in [5.41, 5.74) is 0. The summed E-state index contributed by atoms with van der Waals surface area (Å²) < 4.78 is 0. The summed E-state index contributed by atoms with van der Waals surface area (Å²) in [6.07, 6.45) is 3.86. The van der Waals surface area contributed by atoms with E-state index in [9.17, 15) is 9.59 Å². The number of likely N-dealkylation sites (tertiary alicyclic amines) is 1. The number of piperidine rings is 1. The van der Waals surface area contributed by atoms with Crippen molar-refractivity contribution >= 4 is 11.8 Å². The van der Waals surface area contributed by atoms with Gasteiger partial charge in [0.25, 0.3) is 5.91 Å². The molecule has 0 bridgehead atoms. The molecule has 90 valence electrons. The minimum absolute atomic E-state index is 0.0584. The third-order valence-electron chi connectivity index (χ3n) is 3.33. The maximum absolute atomic E-state index is 12.1. The number of carbonyl (C=O) groups is 2. The van der Waals surface area contributed by atoms with Crippen LogP contribution in [0.3, 0.4) is 0 Å². The van der Waals surface area contributed by atoms with Crippen molar-refractivity contribution in [3.63, 3.8) is 0 Å². The van der Waals surface area contributed by atoms with Crippen molar-refractivity contribution in [1.29, 1.82) is 0 Å². The molecule has 2 amide bonds. The van der Waals surface area contributed by atoms with E-state index in [2.05, 4.69) is 4.90 Å². The predicted molar refractivity (Wildman–Crippen MR) is 59.4 cm³/mol. The van der Waals surface area contributed by atoms with Gasteiger partial charge in [0, 0.05) is 14.1 Å². The van der Waals surface area contributed by atoms with Gasteiger partial charge in [0.05, 0.1) is 6.42 Å². The molecule has 1 atom stereocenters. The van der Waals surface area contributed by atoms with Gasteiger partial charge >= 0.3 is 0 Å². The molecule has 0 saturated carbocycles. The normalized spacial score (nSPS) is 28.2. The zero-order valence-electron chi connectivity index (χ0n) is 9.98. The van der Waals surface area contributed by atoms with Crippen molar-refractivity contribution in [2.75, 3.05) is 27.2 Å². The molecule has 0 N–H and O–H groups in total. The fraction of sp³-hybridized carbons (Fsp3) is 0.818. The van der Waals surface area contributed by atoms with Crippen LogP contribution in [0.15, 0.2) is 0 Å². The van der Waals surface area contributed by atoms with Crippen LogP contribution < -0.4 is 0 Å². The fourth-order valence-corrected chi connectivity index (χ4v) is 2.54. The molecule has 2 rings (SSSR count). The third-order valence-corrected chi connectivity index (χ3v) is 3.33. The van der Waals surface area contributed by atoms with E-state index in [1.807, 2.05) is 0 Å². The lowest BCUT2D eigenvalue weighted by Gasteiger charge is -2.31. The van der Waals surface area contributed by atoms with Crippen molar-refractivity contribution in [3.05, 3.63) is 0 Å². The molecule has 2 fully saturated rings. The first-order valence-corrected chi connectivity index (χ1v) is 5.89. The van der Waals surface area contributed by atoms with Gasteiger partial charge in [0.1, 0.15) is 6.04 Å². The van der Waals surface area contributed by atoms with Gasteiger partial charge in [-0.1, -0.05) is 6.42 Å². The molecule has 0 aromatic heterocycles. The highest BCUT2D eigenvalue weighted by Gasteiger charge is 2.43. The van der Waals surface area contributed by atoms with Gasteiger partial charge in [0.2, 0.25) is 5.91 Å². The molecule has 2 aliphatic heterocycles. The SMILES string of the molecule is CN(C)N1C(=O)C[C@@H](N2CCCCC2)C1=O. The number of hydrazine groups is 1.